The van der Waals surface area contributed by atoms with Gasteiger partial charge in [0.15, 0.2) is 5.17 Å². The Balaban J connectivity index is 1.53. The van der Waals surface area contributed by atoms with Crippen molar-refractivity contribution in [3.63, 3.8) is 0 Å². The first-order valence-electron chi connectivity index (χ1n) is 9.54. The number of nitro groups is 1. The van der Waals surface area contributed by atoms with Crippen LogP contribution in [0.15, 0.2) is 92.1 Å². The van der Waals surface area contributed by atoms with Crippen LogP contribution < -0.4 is 9.50 Å². The SMILES string of the molecule is O=C1NC(=Nc2ccc(Br)cc2)S/C1=C\c1cccc(OS(=O)(=O)c2cccc([N+](=O)[O-])c2)c1. The number of amides is 1. The van der Waals surface area contributed by atoms with Gasteiger partial charge in [-0.25, -0.2) is 4.99 Å². The van der Waals surface area contributed by atoms with Gasteiger partial charge in [-0.2, -0.15) is 8.42 Å². The van der Waals surface area contributed by atoms with Gasteiger partial charge in [-0.15, -0.1) is 0 Å². The van der Waals surface area contributed by atoms with E-state index in [0.717, 1.165) is 22.3 Å². The highest BCUT2D eigenvalue weighted by atomic mass is 79.9. The predicted molar refractivity (Wildman–Crippen MR) is 132 cm³/mol. The lowest BCUT2D eigenvalue weighted by Crippen LogP contribution is -2.19. The number of carbonyl (C=O) groups is 1. The van der Waals surface area contributed by atoms with Gasteiger partial charge in [-0.05, 0) is 65.9 Å². The number of non-ortho nitro benzene ring substituents is 1. The van der Waals surface area contributed by atoms with Crippen LogP contribution in [0.2, 0.25) is 0 Å². The number of nitrogens with one attached hydrogen (secondary N) is 1. The fraction of sp³-hybridized carbons (Fsp3) is 0. The van der Waals surface area contributed by atoms with E-state index in [-0.39, 0.29) is 22.2 Å². The first-order valence-corrected chi connectivity index (χ1v) is 12.6. The standard InChI is InChI=1S/C22H14BrN3O6S2/c23-15-7-9-16(10-8-15)24-22-25-21(27)20(33-22)12-14-3-1-5-18(11-14)32-34(30,31)19-6-2-4-17(13-19)26(28)29/h1-13H,(H,24,25,27)/b20-12-. The van der Waals surface area contributed by atoms with Gasteiger partial charge in [0.1, 0.15) is 10.6 Å². The summed E-state index contributed by atoms with van der Waals surface area (Å²) in [4.78, 5) is 27.0. The molecule has 4 rings (SSSR count). The zero-order valence-electron chi connectivity index (χ0n) is 17.0. The normalized spacial score (nSPS) is 16.0. The Bertz CT molecular complexity index is 1450. The average Bonchev–Trinajstić information content (AvgIpc) is 3.13. The van der Waals surface area contributed by atoms with Crippen molar-refractivity contribution in [3.05, 3.63) is 97.9 Å². The molecular formula is C22H14BrN3O6S2. The van der Waals surface area contributed by atoms with Crippen molar-refractivity contribution in [1.82, 2.24) is 5.32 Å². The van der Waals surface area contributed by atoms with Gasteiger partial charge in [-0.3, -0.25) is 14.9 Å². The lowest BCUT2D eigenvalue weighted by atomic mass is 10.2. The molecule has 3 aromatic carbocycles. The highest BCUT2D eigenvalue weighted by molar-refractivity contribution is 9.10. The van der Waals surface area contributed by atoms with Crippen LogP contribution in [0.1, 0.15) is 5.56 Å². The summed E-state index contributed by atoms with van der Waals surface area (Å²) in [7, 11) is -4.30. The van der Waals surface area contributed by atoms with E-state index in [1.165, 1.54) is 30.3 Å². The van der Waals surface area contributed by atoms with E-state index < -0.39 is 15.0 Å². The molecule has 3 aromatic rings. The molecule has 1 aliphatic rings. The Morgan fingerprint density at radius 2 is 1.79 bits per heavy atom. The van der Waals surface area contributed by atoms with Crippen molar-refractivity contribution < 1.29 is 22.3 Å². The number of rotatable bonds is 6. The van der Waals surface area contributed by atoms with Crippen molar-refractivity contribution >= 4 is 66.3 Å². The summed E-state index contributed by atoms with van der Waals surface area (Å²) in [6.07, 6.45) is 1.58. The second kappa shape index (κ2) is 9.79. The Hall–Kier alpha value is -3.48. The Morgan fingerprint density at radius 3 is 2.53 bits per heavy atom. The largest absolute Gasteiger partial charge is 0.379 e. The van der Waals surface area contributed by atoms with E-state index in [4.69, 9.17) is 4.18 Å². The highest BCUT2D eigenvalue weighted by Gasteiger charge is 2.24. The fourth-order valence-corrected chi connectivity index (χ4v) is 4.92. The predicted octanol–water partition coefficient (Wildman–Crippen LogP) is 5.02. The van der Waals surface area contributed by atoms with Crippen LogP contribution in [0.3, 0.4) is 0 Å². The molecule has 0 unspecified atom stereocenters. The molecule has 0 bridgehead atoms. The van der Waals surface area contributed by atoms with Crippen LogP contribution in [0, 0.1) is 10.1 Å². The van der Waals surface area contributed by atoms with Gasteiger partial charge in [-0.1, -0.05) is 34.1 Å². The summed E-state index contributed by atoms with van der Waals surface area (Å²) in [6, 6.07) is 18.0. The number of hydrogen-bond donors (Lipinski definition) is 1. The fourth-order valence-electron chi connectivity index (χ4n) is 2.85. The minimum Gasteiger partial charge on any atom is -0.379 e. The molecule has 0 atom stereocenters. The number of nitrogens with zero attached hydrogens (tertiary/aromatic N) is 2. The summed E-state index contributed by atoms with van der Waals surface area (Å²) >= 11 is 4.50. The summed E-state index contributed by atoms with van der Waals surface area (Å²) < 4.78 is 31.2. The van der Waals surface area contributed by atoms with Crippen molar-refractivity contribution in [1.29, 1.82) is 0 Å². The topological polar surface area (TPSA) is 128 Å². The average molecular weight is 560 g/mol. The second-order valence-corrected chi connectivity index (χ2v) is 10.3. The van der Waals surface area contributed by atoms with Gasteiger partial charge >= 0.3 is 10.1 Å². The molecule has 34 heavy (non-hydrogen) atoms. The third kappa shape index (κ3) is 5.71. The Kier molecular flexibility index (Phi) is 6.82. The molecule has 172 valence electrons. The lowest BCUT2D eigenvalue weighted by molar-refractivity contribution is -0.385. The number of halogens is 1. The van der Waals surface area contributed by atoms with E-state index in [0.29, 0.717) is 21.3 Å². The number of amidine groups is 1. The quantitative estimate of drug-likeness (QED) is 0.194. The minimum atomic E-state index is -4.30. The van der Waals surface area contributed by atoms with E-state index in [1.54, 1.807) is 30.3 Å². The molecule has 1 N–H and O–H groups in total. The first-order chi connectivity index (χ1) is 16.2. The maximum Gasteiger partial charge on any atom is 0.339 e. The van der Waals surface area contributed by atoms with Crippen LogP contribution in [0.4, 0.5) is 11.4 Å². The monoisotopic (exact) mass is 559 g/mol. The highest BCUT2D eigenvalue weighted by Crippen LogP contribution is 2.30. The van der Waals surface area contributed by atoms with E-state index in [9.17, 15) is 23.3 Å². The van der Waals surface area contributed by atoms with E-state index in [1.807, 2.05) is 12.1 Å². The molecule has 1 heterocycles. The molecule has 9 nitrogen and oxygen atoms in total. The smallest absolute Gasteiger partial charge is 0.339 e. The zero-order chi connectivity index (χ0) is 24.3. The summed E-state index contributed by atoms with van der Waals surface area (Å²) in [5, 5.41) is 14.0. The van der Waals surface area contributed by atoms with Gasteiger partial charge < -0.3 is 9.50 Å². The van der Waals surface area contributed by atoms with Gasteiger partial charge in [0.2, 0.25) is 0 Å². The first kappa shape index (κ1) is 23.7. The second-order valence-electron chi connectivity index (χ2n) is 6.82. The van der Waals surface area contributed by atoms with Gasteiger partial charge in [0.25, 0.3) is 11.6 Å². The Morgan fingerprint density at radius 1 is 1.06 bits per heavy atom. The number of carbonyl (C=O) groups excluding carboxylic acids is 1. The molecule has 0 aromatic heterocycles. The number of hydrogen-bond acceptors (Lipinski definition) is 8. The third-order valence-electron chi connectivity index (χ3n) is 4.39. The number of benzene rings is 3. The molecule has 1 saturated heterocycles. The van der Waals surface area contributed by atoms with Crippen molar-refractivity contribution in [2.24, 2.45) is 4.99 Å². The molecular weight excluding hydrogens is 546 g/mol. The maximum atomic E-state index is 12.6. The molecule has 1 fully saturated rings. The van der Waals surface area contributed by atoms with E-state index in [2.05, 4.69) is 26.2 Å². The molecule has 12 heteroatoms. The van der Waals surface area contributed by atoms with Crippen molar-refractivity contribution in [2.75, 3.05) is 0 Å². The van der Waals surface area contributed by atoms with Gasteiger partial charge in [0, 0.05) is 16.6 Å². The molecule has 0 aliphatic carbocycles. The molecule has 1 aliphatic heterocycles. The summed E-state index contributed by atoms with van der Waals surface area (Å²) in [5.74, 6) is -0.343. The van der Waals surface area contributed by atoms with Gasteiger partial charge in [0.05, 0.1) is 15.5 Å². The minimum absolute atomic E-state index is 0.00647. The number of aliphatic imine (C=N–C) groups is 1. The van der Waals surface area contributed by atoms with Crippen LogP contribution in [-0.2, 0) is 14.9 Å². The van der Waals surface area contributed by atoms with Crippen LogP contribution >= 0.6 is 27.7 Å². The molecule has 1 amide bonds. The number of thioether (sulfide) groups is 1. The van der Waals surface area contributed by atoms with Crippen molar-refractivity contribution in [2.45, 2.75) is 4.90 Å². The third-order valence-corrected chi connectivity index (χ3v) is 7.07. The lowest BCUT2D eigenvalue weighted by Gasteiger charge is -2.07. The van der Waals surface area contributed by atoms with Crippen LogP contribution in [0.25, 0.3) is 6.08 Å². The molecule has 0 radical (unpaired) electrons. The molecule has 0 spiro atoms. The van der Waals surface area contributed by atoms with E-state index >= 15 is 0 Å². The zero-order valence-corrected chi connectivity index (χ0v) is 20.3. The summed E-state index contributed by atoms with van der Waals surface area (Å²) in [5.41, 5.74) is 0.830. The van der Waals surface area contributed by atoms with Crippen LogP contribution in [-0.4, -0.2) is 24.4 Å². The Labute approximate surface area is 207 Å². The number of nitro benzene ring substituents is 1. The van der Waals surface area contributed by atoms with Crippen molar-refractivity contribution in [3.8, 4) is 5.75 Å². The maximum absolute atomic E-state index is 12.6. The summed E-state index contributed by atoms with van der Waals surface area (Å²) in [6.45, 7) is 0. The molecule has 0 saturated carbocycles. The van der Waals surface area contributed by atoms with Crippen LogP contribution in [0.5, 0.6) is 5.75 Å².